The number of aliphatic hydroxyl groups excluding tert-OH is 7. The van der Waals surface area contributed by atoms with Crippen LogP contribution < -0.4 is 16.4 Å². The van der Waals surface area contributed by atoms with Crippen molar-refractivity contribution in [1.29, 1.82) is 0 Å². The lowest BCUT2D eigenvalue weighted by Crippen LogP contribution is -2.75. The number of Topliss-reactive ketones (excluding diaryl/α,β-unsaturated/α-hetero) is 1. The summed E-state index contributed by atoms with van der Waals surface area (Å²) in [5.41, 5.74) is -2.00. The van der Waals surface area contributed by atoms with Crippen LogP contribution in [0.25, 0.3) is 0 Å². The van der Waals surface area contributed by atoms with Crippen LogP contribution in [0.5, 0.6) is 0 Å². The summed E-state index contributed by atoms with van der Waals surface area (Å²) < 4.78 is 6.97. The molecule has 1 saturated heterocycles. The number of carbonyl (C=O) groups is 1. The molecule has 2 spiro atoms. The molecule has 68 heavy (non-hydrogen) atoms. The molecular formula is C53H83N3O12. The number of nitrogens with two attached hydrogens (primary N) is 1. The Morgan fingerprint density at radius 3 is 2.46 bits per heavy atom. The molecular weight excluding hydrogens is 871 g/mol. The van der Waals surface area contributed by atoms with E-state index in [0.29, 0.717) is 31.6 Å². The van der Waals surface area contributed by atoms with Gasteiger partial charge < -0.3 is 72.2 Å². The first-order valence-electron chi connectivity index (χ1n) is 26.4. The zero-order valence-electron chi connectivity index (χ0n) is 40.6. The van der Waals surface area contributed by atoms with Crippen molar-refractivity contribution < 1.29 is 60.6 Å². The lowest BCUT2D eigenvalue weighted by molar-refractivity contribution is -0.267. The van der Waals surface area contributed by atoms with Gasteiger partial charge in [-0.25, -0.2) is 0 Å². The lowest BCUT2D eigenvalue weighted by atomic mass is 9.34. The summed E-state index contributed by atoms with van der Waals surface area (Å²) >= 11 is 0. The quantitative estimate of drug-likeness (QED) is 0.118. The van der Waals surface area contributed by atoms with Gasteiger partial charge >= 0.3 is 0 Å². The van der Waals surface area contributed by atoms with Gasteiger partial charge in [-0.15, -0.1) is 0 Å². The van der Waals surface area contributed by atoms with Gasteiger partial charge in [0.25, 0.3) is 0 Å². The highest BCUT2D eigenvalue weighted by Crippen LogP contribution is 2.77. The van der Waals surface area contributed by atoms with Gasteiger partial charge in [-0.2, -0.15) is 0 Å². The van der Waals surface area contributed by atoms with Gasteiger partial charge in [0.1, 0.15) is 5.60 Å². The summed E-state index contributed by atoms with van der Waals surface area (Å²) in [5.74, 6) is -2.56. The predicted octanol–water partition coefficient (Wildman–Crippen LogP) is 2.24. The molecule has 9 aliphatic rings. The molecule has 15 heteroatoms. The Hall–Kier alpha value is -2.25. The Morgan fingerprint density at radius 2 is 1.74 bits per heavy atom. The van der Waals surface area contributed by atoms with E-state index >= 15 is 4.79 Å². The molecule has 2 aliphatic heterocycles. The second-order valence-electron chi connectivity index (χ2n) is 23.4. The zero-order valence-corrected chi connectivity index (χ0v) is 40.6. The summed E-state index contributed by atoms with van der Waals surface area (Å²) in [5, 5.41) is 128. The summed E-state index contributed by atoms with van der Waals surface area (Å²) in [6.45, 7) is 4.81. The van der Waals surface area contributed by atoms with Gasteiger partial charge in [-0.05, 0) is 145 Å². The average Bonchev–Trinajstić information content (AvgIpc) is 3.68. The zero-order chi connectivity index (χ0) is 48.8. The number of ketones is 1. The highest BCUT2D eigenvalue weighted by Gasteiger charge is 2.80. The smallest absolute Gasteiger partial charge is 0.182 e. The minimum atomic E-state index is -2.01. The summed E-state index contributed by atoms with van der Waals surface area (Å²) in [7, 11) is 0. The van der Waals surface area contributed by atoms with Crippen LogP contribution in [0, 0.1) is 51.8 Å². The van der Waals surface area contributed by atoms with Crippen molar-refractivity contribution >= 4 is 5.78 Å². The van der Waals surface area contributed by atoms with E-state index in [1.165, 1.54) is 0 Å². The molecule has 0 amide bonds. The van der Waals surface area contributed by atoms with Crippen molar-refractivity contribution in [3.05, 3.63) is 46.8 Å². The molecule has 15 nitrogen and oxygen atoms in total. The molecule has 0 bridgehead atoms. The third-order valence-electron chi connectivity index (χ3n) is 20.1. The number of fused-ring (bicyclic) bond motifs is 5. The summed E-state index contributed by atoms with van der Waals surface area (Å²) in [6.07, 6.45) is 8.30. The van der Waals surface area contributed by atoms with Gasteiger partial charge in [-0.3, -0.25) is 4.79 Å². The first-order valence-corrected chi connectivity index (χ1v) is 26.4. The Morgan fingerprint density at radius 1 is 0.971 bits per heavy atom. The summed E-state index contributed by atoms with van der Waals surface area (Å²) in [4.78, 5) is 15.7. The molecule has 20 atom stereocenters. The second-order valence-corrected chi connectivity index (χ2v) is 23.4. The van der Waals surface area contributed by atoms with E-state index < -0.39 is 106 Å². The molecule has 20 unspecified atom stereocenters. The SMILES string of the molecule is CCCC1CCC2OC3C(C(O)CCCC3(O)C(C)(O)C3CCC4(O)C5=C(NCC(C)O)C(=O)C6CC(O)C(O)CC67CC(C6=C(CCCO)NC(N)C=C6)C=CC57C(O)CC34CCO)C2CC1. The van der Waals surface area contributed by atoms with Crippen LogP contribution in [-0.4, -0.2) is 142 Å². The van der Waals surface area contributed by atoms with E-state index in [9.17, 15) is 51.1 Å². The van der Waals surface area contributed by atoms with E-state index in [-0.39, 0.29) is 93.7 Å². The first-order chi connectivity index (χ1) is 32.3. The normalized spacial score (nSPS) is 47.9. The van der Waals surface area contributed by atoms with Gasteiger partial charge in [0.2, 0.25) is 0 Å². The van der Waals surface area contributed by atoms with Crippen LogP contribution in [0.2, 0.25) is 0 Å². The van der Waals surface area contributed by atoms with E-state index in [1.54, 1.807) is 13.8 Å². The molecule has 5 saturated carbocycles. The molecule has 0 aromatic rings. The molecule has 0 radical (unpaired) electrons. The third-order valence-corrected chi connectivity index (χ3v) is 20.1. The number of hydrogen-bond acceptors (Lipinski definition) is 15. The fourth-order valence-corrected chi connectivity index (χ4v) is 17.2. The van der Waals surface area contributed by atoms with Crippen molar-refractivity contribution in [3.63, 3.8) is 0 Å². The number of allylic oxidation sites excluding steroid dienone is 5. The molecule has 14 N–H and O–H groups in total. The summed E-state index contributed by atoms with van der Waals surface area (Å²) in [6, 6.07) is 0. The molecule has 9 rings (SSSR count). The van der Waals surface area contributed by atoms with Crippen molar-refractivity contribution in [2.24, 2.45) is 57.5 Å². The van der Waals surface area contributed by atoms with Crippen LogP contribution in [0.4, 0.5) is 0 Å². The third kappa shape index (κ3) is 7.43. The van der Waals surface area contributed by atoms with Crippen LogP contribution in [-0.2, 0) is 9.53 Å². The number of ether oxygens (including phenoxy) is 1. The maximum Gasteiger partial charge on any atom is 0.182 e. The Labute approximate surface area is 402 Å². The number of carbonyl (C=O) groups excluding carboxylic acids is 1. The lowest BCUT2D eigenvalue weighted by Gasteiger charge is -2.70. The van der Waals surface area contributed by atoms with Gasteiger partial charge in [0, 0.05) is 59.6 Å². The van der Waals surface area contributed by atoms with Gasteiger partial charge in [0.15, 0.2) is 5.78 Å². The van der Waals surface area contributed by atoms with Gasteiger partial charge in [0.05, 0.1) is 65.8 Å². The Bertz CT molecular complexity index is 2020. The molecule has 382 valence electrons. The topological polar surface area (TPSA) is 279 Å². The maximum atomic E-state index is 15.7. The van der Waals surface area contributed by atoms with E-state index in [1.807, 2.05) is 24.3 Å². The molecule has 6 fully saturated rings. The standard InChI is InChI=1S/C53H83N3O12/c1-4-7-30-10-12-33-39(14-11-30)68-47-43(33)36(60)9-5-18-53(47,67)48(3,65)40-17-20-52(66)46-44(55-28-29(2)59)45(64)34-24-37(61)38(62)26-50(34)25-31(32-13-15-42(54)56-35(32)8-6-22-57)16-19-51(46,50)41(63)27-49(40,52)21-23-58/h13,15-16,19,29-31,33-34,36-43,47,55-63,65-67H,4-12,14,17-18,20-28,54H2,1-3H3. The maximum absolute atomic E-state index is 15.7. The van der Waals surface area contributed by atoms with Crippen LogP contribution in [0.1, 0.15) is 136 Å². The number of dihydropyridines is 1. The molecule has 0 aromatic heterocycles. The van der Waals surface area contributed by atoms with E-state index in [0.717, 1.165) is 49.8 Å². The van der Waals surface area contributed by atoms with Crippen molar-refractivity contribution in [2.75, 3.05) is 19.8 Å². The van der Waals surface area contributed by atoms with Crippen LogP contribution >= 0.6 is 0 Å². The van der Waals surface area contributed by atoms with Crippen LogP contribution in [0.15, 0.2) is 46.8 Å². The number of hydrogen-bond donors (Lipinski definition) is 13. The predicted molar refractivity (Wildman–Crippen MR) is 253 cm³/mol. The fourth-order valence-electron chi connectivity index (χ4n) is 17.2. The Kier molecular flexibility index (Phi) is 13.9. The van der Waals surface area contributed by atoms with Crippen molar-refractivity contribution in [2.45, 2.75) is 202 Å². The van der Waals surface area contributed by atoms with E-state index in [2.05, 4.69) is 17.6 Å². The van der Waals surface area contributed by atoms with E-state index in [4.69, 9.17) is 10.5 Å². The van der Waals surface area contributed by atoms with Crippen molar-refractivity contribution in [3.8, 4) is 0 Å². The fraction of sp³-hybridized carbons (Fsp3) is 0.830. The highest BCUT2D eigenvalue weighted by molar-refractivity contribution is 6.00. The molecule has 2 heterocycles. The van der Waals surface area contributed by atoms with Crippen LogP contribution in [0.3, 0.4) is 0 Å². The average molecular weight is 954 g/mol. The largest absolute Gasteiger partial charge is 0.396 e. The minimum Gasteiger partial charge on any atom is -0.396 e. The first kappa shape index (κ1) is 50.7. The Balaban J connectivity index is 1.20. The number of rotatable bonds is 13. The number of aliphatic hydroxyl groups is 10. The number of nitrogens with one attached hydrogen (secondary N) is 2. The molecule has 7 aliphatic carbocycles. The van der Waals surface area contributed by atoms with Gasteiger partial charge in [-0.1, -0.05) is 44.4 Å². The van der Waals surface area contributed by atoms with Crippen molar-refractivity contribution in [1.82, 2.24) is 10.6 Å². The second kappa shape index (κ2) is 18.7. The monoisotopic (exact) mass is 954 g/mol. The highest BCUT2D eigenvalue weighted by atomic mass is 16.5. The minimum absolute atomic E-state index is 0.00457. The molecule has 0 aromatic carbocycles.